The van der Waals surface area contributed by atoms with Gasteiger partial charge in [0.25, 0.3) is 0 Å². The van der Waals surface area contributed by atoms with Crippen LogP contribution in [0.4, 0.5) is 4.79 Å². The van der Waals surface area contributed by atoms with E-state index in [1.54, 1.807) is 6.92 Å². The molecule has 3 atom stereocenters. The number of allylic oxidation sites excluding steroid dienone is 2. The van der Waals surface area contributed by atoms with Crippen molar-refractivity contribution in [3.63, 3.8) is 0 Å². The lowest BCUT2D eigenvalue weighted by molar-refractivity contribution is -0.160. The number of rotatable bonds is 4. The third-order valence-corrected chi connectivity index (χ3v) is 4.95. The maximum Gasteiger partial charge on any atom is 0.532 e. The molecule has 134 valence electrons. The van der Waals surface area contributed by atoms with E-state index < -0.39 is 12.1 Å². The maximum absolute atomic E-state index is 11.7. The van der Waals surface area contributed by atoms with Crippen molar-refractivity contribution in [1.29, 1.82) is 0 Å². The summed E-state index contributed by atoms with van der Waals surface area (Å²) in [6, 6.07) is 8.17. The molecule has 2 aliphatic carbocycles. The van der Waals surface area contributed by atoms with Gasteiger partial charge in [-0.15, -0.1) is 0 Å². The fourth-order valence-corrected chi connectivity index (χ4v) is 3.84. The number of benzene rings is 1. The summed E-state index contributed by atoms with van der Waals surface area (Å²) in [4.78, 5) is 27.5. The smallest absolute Gasteiger partial charge is 0.532 e. The summed E-state index contributed by atoms with van der Waals surface area (Å²) >= 11 is 0. The van der Waals surface area contributed by atoms with E-state index in [-0.39, 0.29) is 24.2 Å². The van der Waals surface area contributed by atoms with E-state index in [1.807, 2.05) is 12.1 Å². The van der Waals surface area contributed by atoms with Crippen molar-refractivity contribution in [3.05, 3.63) is 52.8 Å². The molecule has 0 heterocycles. The quantitative estimate of drug-likeness (QED) is 0.468. The Morgan fingerprint density at radius 1 is 1.28 bits per heavy atom. The van der Waals surface area contributed by atoms with Crippen LogP contribution in [0.15, 0.2) is 36.4 Å². The van der Waals surface area contributed by atoms with Crippen LogP contribution in [0.2, 0.25) is 0 Å². The number of nitrogens with zero attached hydrogens (tertiary/aromatic N) is 1. The molecule has 2 aliphatic rings. The molecule has 0 bridgehead atoms. The topological polar surface area (TPSA) is 78.9 Å². The zero-order valence-electron chi connectivity index (χ0n) is 14.2. The molecule has 1 aromatic rings. The van der Waals surface area contributed by atoms with E-state index >= 15 is 0 Å². The molecular weight excluding hydrogens is 322 g/mol. The SMILES string of the molecule is CCCC(=O)N([O-])OC(=O)OCC1c2ccccc2C2C=CCCC21. The van der Waals surface area contributed by atoms with Gasteiger partial charge in [0.1, 0.15) is 6.61 Å². The Kier molecular flexibility index (Phi) is 5.38. The number of ether oxygens (including phenoxy) is 1. The van der Waals surface area contributed by atoms with E-state index in [0.29, 0.717) is 18.3 Å². The third kappa shape index (κ3) is 3.69. The third-order valence-electron chi connectivity index (χ3n) is 4.95. The minimum absolute atomic E-state index is 0.0306. The van der Waals surface area contributed by atoms with Crippen molar-refractivity contribution in [2.45, 2.75) is 44.4 Å². The molecule has 0 saturated heterocycles. The van der Waals surface area contributed by atoms with Crippen molar-refractivity contribution < 1.29 is 19.2 Å². The van der Waals surface area contributed by atoms with Crippen LogP contribution in [0.3, 0.4) is 0 Å². The minimum atomic E-state index is -1.13. The van der Waals surface area contributed by atoms with Gasteiger partial charge in [-0.1, -0.05) is 43.3 Å². The normalized spacial score (nSPS) is 23.5. The number of hydroxylamine groups is 2. The molecular formula is C19H22NO5-. The Balaban J connectivity index is 1.62. The van der Waals surface area contributed by atoms with Gasteiger partial charge < -0.3 is 14.8 Å². The molecule has 6 heteroatoms. The predicted octanol–water partition coefficient (Wildman–Crippen LogP) is 4.03. The first kappa shape index (κ1) is 17.5. The molecule has 3 rings (SSSR count). The summed E-state index contributed by atoms with van der Waals surface area (Å²) in [5.74, 6) is 0.00489. The van der Waals surface area contributed by atoms with Crippen LogP contribution in [0, 0.1) is 11.1 Å². The zero-order valence-corrected chi connectivity index (χ0v) is 14.2. The molecule has 0 radical (unpaired) electrons. The standard InChI is InChI=1S/C19H22NO5/c1-2-7-18(21)20(23)25-19(22)24-12-17-15-10-5-3-8-13(15)14-9-4-6-11-16(14)17/h3-5,8-10,14,16-17H,2,6-7,11-12H2,1H3/q-1. The Hall–Kier alpha value is -2.34. The lowest BCUT2D eigenvalue weighted by Gasteiger charge is -2.27. The van der Waals surface area contributed by atoms with Crippen LogP contribution in [0.5, 0.6) is 0 Å². The molecule has 0 spiro atoms. The van der Waals surface area contributed by atoms with Crippen LogP contribution in [0.25, 0.3) is 0 Å². The highest BCUT2D eigenvalue weighted by atomic mass is 16.9. The molecule has 1 amide bonds. The second kappa shape index (κ2) is 7.70. The Morgan fingerprint density at radius 2 is 2.04 bits per heavy atom. The number of hydrogen-bond acceptors (Lipinski definition) is 5. The highest BCUT2D eigenvalue weighted by Gasteiger charge is 2.40. The van der Waals surface area contributed by atoms with Crippen molar-refractivity contribution in [2.75, 3.05) is 6.61 Å². The first-order valence-corrected chi connectivity index (χ1v) is 8.72. The second-order valence-electron chi connectivity index (χ2n) is 6.48. The van der Waals surface area contributed by atoms with Crippen molar-refractivity contribution in [1.82, 2.24) is 5.23 Å². The van der Waals surface area contributed by atoms with Crippen LogP contribution in [0.1, 0.15) is 55.6 Å². The van der Waals surface area contributed by atoms with Crippen molar-refractivity contribution in [3.8, 4) is 0 Å². The number of fused-ring (bicyclic) bond motifs is 3. The van der Waals surface area contributed by atoms with E-state index in [1.165, 1.54) is 11.1 Å². The first-order chi connectivity index (χ1) is 12.1. The molecule has 0 N–H and O–H groups in total. The zero-order chi connectivity index (χ0) is 17.8. The van der Waals surface area contributed by atoms with Gasteiger partial charge in [0.2, 0.25) is 5.91 Å². The fourth-order valence-electron chi connectivity index (χ4n) is 3.84. The number of carbonyl (C=O) groups is 2. The molecule has 0 aliphatic heterocycles. The van der Waals surface area contributed by atoms with Gasteiger partial charge in [-0.25, -0.2) is 10.0 Å². The lowest BCUT2D eigenvalue weighted by atomic mass is 9.80. The van der Waals surface area contributed by atoms with Crippen molar-refractivity contribution in [2.24, 2.45) is 5.92 Å². The van der Waals surface area contributed by atoms with E-state index in [9.17, 15) is 14.8 Å². The highest BCUT2D eigenvalue weighted by molar-refractivity contribution is 5.76. The average Bonchev–Trinajstić information content (AvgIpc) is 2.94. The van der Waals surface area contributed by atoms with E-state index in [4.69, 9.17) is 4.74 Å². The molecule has 0 saturated carbocycles. The van der Waals surface area contributed by atoms with Gasteiger partial charge in [0, 0.05) is 18.3 Å². The van der Waals surface area contributed by atoms with Crippen LogP contribution >= 0.6 is 0 Å². The first-order valence-electron chi connectivity index (χ1n) is 8.72. The van der Waals surface area contributed by atoms with Gasteiger partial charge in [-0.2, -0.15) is 0 Å². The minimum Gasteiger partial charge on any atom is -0.721 e. The monoisotopic (exact) mass is 344 g/mol. The van der Waals surface area contributed by atoms with E-state index in [2.05, 4.69) is 29.1 Å². The summed E-state index contributed by atoms with van der Waals surface area (Å²) in [6.07, 6.45) is 5.87. The van der Waals surface area contributed by atoms with Gasteiger partial charge in [-0.3, -0.25) is 4.79 Å². The van der Waals surface area contributed by atoms with Gasteiger partial charge in [0.15, 0.2) is 0 Å². The Morgan fingerprint density at radius 3 is 2.80 bits per heavy atom. The number of hydrogen-bond donors (Lipinski definition) is 0. The van der Waals surface area contributed by atoms with Crippen LogP contribution in [-0.2, 0) is 14.4 Å². The summed E-state index contributed by atoms with van der Waals surface area (Å²) in [5, 5.41) is 11.1. The largest absolute Gasteiger partial charge is 0.721 e. The summed E-state index contributed by atoms with van der Waals surface area (Å²) in [6.45, 7) is 1.90. The van der Waals surface area contributed by atoms with Crippen LogP contribution < -0.4 is 0 Å². The van der Waals surface area contributed by atoms with Crippen LogP contribution in [-0.4, -0.2) is 23.9 Å². The Bertz CT molecular complexity index is 672. The average molecular weight is 344 g/mol. The van der Waals surface area contributed by atoms with Gasteiger partial charge in [-0.05, 0) is 36.3 Å². The lowest BCUT2D eigenvalue weighted by Crippen LogP contribution is -2.29. The molecule has 25 heavy (non-hydrogen) atoms. The van der Waals surface area contributed by atoms with Gasteiger partial charge >= 0.3 is 6.16 Å². The second-order valence-corrected chi connectivity index (χ2v) is 6.48. The summed E-state index contributed by atoms with van der Waals surface area (Å²) < 4.78 is 5.15. The maximum atomic E-state index is 11.7. The molecule has 0 fully saturated rings. The number of amides is 1. The van der Waals surface area contributed by atoms with Gasteiger partial charge in [0.05, 0.1) is 0 Å². The highest BCUT2D eigenvalue weighted by Crippen LogP contribution is 2.51. The summed E-state index contributed by atoms with van der Waals surface area (Å²) in [7, 11) is 0. The fraction of sp³-hybridized carbons (Fsp3) is 0.474. The molecule has 6 nitrogen and oxygen atoms in total. The molecule has 0 aromatic heterocycles. The number of carbonyl (C=O) groups excluding carboxylic acids is 2. The Labute approximate surface area is 146 Å². The molecule has 3 unspecified atom stereocenters. The predicted molar refractivity (Wildman–Crippen MR) is 91.3 cm³/mol. The van der Waals surface area contributed by atoms with Crippen molar-refractivity contribution >= 4 is 12.1 Å². The molecule has 1 aromatic carbocycles. The summed E-state index contributed by atoms with van der Waals surface area (Å²) in [5.41, 5.74) is 2.45. The van der Waals surface area contributed by atoms with E-state index in [0.717, 1.165) is 12.8 Å².